The summed E-state index contributed by atoms with van der Waals surface area (Å²) < 4.78 is 6.85. The van der Waals surface area contributed by atoms with E-state index in [1.54, 1.807) is 0 Å². The Kier molecular flexibility index (Phi) is 5.76. The monoisotopic (exact) mass is 543 g/mol. The van der Waals surface area contributed by atoms with Crippen molar-refractivity contribution in [1.29, 1.82) is 0 Å². The Labute approximate surface area is 247 Å². The second-order valence-electron chi connectivity index (χ2n) is 12.1. The summed E-state index contributed by atoms with van der Waals surface area (Å²) in [7, 11) is 0. The zero-order chi connectivity index (χ0) is 28.3. The van der Waals surface area contributed by atoms with Gasteiger partial charge in [0.15, 0.2) is 0 Å². The highest BCUT2D eigenvalue weighted by atomic mass is 16.3. The van der Waals surface area contributed by atoms with Gasteiger partial charge in [0.1, 0.15) is 11.2 Å². The largest absolute Gasteiger partial charge is 0.455 e. The van der Waals surface area contributed by atoms with E-state index in [1.165, 1.54) is 44.2 Å². The zero-order valence-electron chi connectivity index (χ0n) is 24.1. The van der Waals surface area contributed by atoms with Gasteiger partial charge in [0.05, 0.1) is 11.5 Å². The molecule has 204 valence electrons. The van der Waals surface area contributed by atoms with Crippen LogP contribution < -0.4 is 0 Å². The summed E-state index contributed by atoms with van der Waals surface area (Å²) in [5.41, 5.74) is 10.5. The van der Waals surface area contributed by atoms with Crippen molar-refractivity contribution < 1.29 is 4.42 Å². The van der Waals surface area contributed by atoms with Crippen LogP contribution in [-0.2, 0) is 11.8 Å². The number of hydrogen-bond donors (Lipinski definition) is 0. The molecule has 2 nitrogen and oxygen atoms in total. The maximum absolute atomic E-state index is 6.85. The number of para-hydroxylation sites is 1. The fourth-order valence-corrected chi connectivity index (χ4v) is 7.39. The van der Waals surface area contributed by atoms with Crippen LogP contribution in [0.4, 0.5) is 0 Å². The Balaban J connectivity index is 1.42. The van der Waals surface area contributed by atoms with E-state index < -0.39 is 5.41 Å². The van der Waals surface area contributed by atoms with Crippen molar-refractivity contribution in [3.05, 3.63) is 149 Å². The van der Waals surface area contributed by atoms with Crippen molar-refractivity contribution in [2.24, 2.45) is 0 Å². The van der Waals surface area contributed by atoms with Crippen LogP contribution in [0.5, 0.6) is 0 Å². The number of hydrogen-bond acceptors (Lipinski definition) is 2. The van der Waals surface area contributed by atoms with Gasteiger partial charge < -0.3 is 9.32 Å². The molecule has 4 aromatic carbocycles. The SMILES string of the molecule is Cc1cccc2c1oc1c3c(ccc12)[C@@]1(C#C/C=C\CC(C)c2ccccc2C1)CN1C=CC(c2ccccc2)=CC31. The Morgan fingerprint density at radius 3 is 2.62 bits per heavy atom. The van der Waals surface area contributed by atoms with E-state index in [0.29, 0.717) is 5.92 Å². The minimum absolute atomic E-state index is 0.0531. The molecule has 0 fully saturated rings. The summed E-state index contributed by atoms with van der Waals surface area (Å²) in [6, 6.07) is 30.8. The first-order valence-electron chi connectivity index (χ1n) is 15.0. The lowest BCUT2D eigenvalue weighted by atomic mass is 9.68. The molecule has 1 aromatic heterocycles. The summed E-state index contributed by atoms with van der Waals surface area (Å²) in [5, 5.41) is 2.35. The molecule has 0 bridgehead atoms. The number of nitrogens with zero attached hydrogens (tertiary/aromatic N) is 1. The van der Waals surface area contributed by atoms with Crippen molar-refractivity contribution in [2.45, 2.75) is 44.1 Å². The summed E-state index contributed by atoms with van der Waals surface area (Å²) >= 11 is 0. The highest BCUT2D eigenvalue weighted by Crippen LogP contribution is 2.49. The topological polar surface area (TPSA) is 16.4 Å². The van der Waals surface area contributed by atoms with E-state index in [-0.39, 0.29) is 6.04 Å². The molecular weight excluding hydrogens is 510 g/mol. The van der Waals surface area contributed by atoms with Gasteiger partial charge in [0, 0.05) is 29.1 Å². The number of aryl methyl sites for hydroxylation is 1. The minimum Gasteiger partial charge on any atom is -0.455 e. The van der Waals surface area contributed by atoms with Gasteiger partial charge in [-0.3, -0.25) is 0 Å². The van der Waals surface area contributed by atoms with E-state index >= 15 is 0 Å². The molecule has 5 aromatic rings. The summed E-state index contributed by atoms with van der Waals surface area (Å²) in [6.07, 6.45) is 13.1. The van der Waals surface area contributed by atoms with Crippen LogP contribution in [0.15, 0.2) is 120 Å². The highest BCUT2D eigenvalue weighted by molar-refractivity contribution is 6.07. The van der Waals surface area contributed by atoms with Gasteiger partial charge in [-0.05, 0) is 77.3 Å². The summed E-state index contributed by atoms with van der Waals surface area (Å²) in [5.74, 6) is 7.76. The fourth-order valence-electron chi connectivity index (χ4n) is 7.39. The third-order valence-corrected chi connectivity index (χ3v) is 9.49. The van der Waals surface area contributed by atoms with Crippen molar-refractivity contribution in [3.63, 3.8) is 0 Å². The second kappa shape index (κ2) is 9.68. The molecule has 2 unspecified atom stereocenters. The Morgan fingerprint density at radius 2 is 1.71 bits per heavy atom. The second-order valence-corrected chi connectivity index (χ2v) is 12.1. The quantitative estimate of drug-likeness (QED) is 0.196. The molecule has 3 heterocycles. The number of furan rings is 1. The maximum atomic E-state index is 6.85. The molecule has 0 saturated carbocycles. The van der Waals surface area contributed by atoms with E-state index in [1.807, 2.05) is 0 Å². The van der Waals surface area contributed by atoms with E-state index in [0.717, 1.165) is 36.1 Å². The maximum Gasteiger partial charge on any atom is 0.141 e. The fraction of sp³-hybridized carbons (Fsp3) is 0.200. The zero-order valence-corrected chi connectivity index (χ0v) is 24.1. The van der Waals surface area contributed by atoms with Crippen molar-refractivity contribution >= 4 is 27.5 Å². The Hall–Kier alpha value is -4.74. The first kappa shape index (κ1) is 25.0. The number of fused-ring (bicyclic) bond motifs is 9. The highest BCUT2D eigenvalue weighted by Gasteiger charge is 2.44. The third-order valence-electron chi connectivity index (χ3n) is 9.49. The molecule has 0 radical (unpaired) electrons. The van der Waals surface area contributed by atoms with Gasteiger partial charge in [-0.15, -0.1) is 0 Å². The van der Waals surface area contributed by atoms with Gasteiger partial charge in [-0.2, -0.15) is 0 Å². The molecule has 1 spiro atoms. The third kappa shape index (κ3) is 3.88. The average Bonchev–Trinajstić information content (AvgIpc) is 3.41. The Morgan fingerprint density at radius 1 is 0.881 bits per heavy atom. The molecule has 3 aliphatic rings. The van der Waals surface area contributed by atoms with E-state index in [2.05, 4.69) is 146 Å². The molecule has 2 aliphatic heterocycles. The number of allylic oxidation sites excluding steroid dienone is 4. The molecule has 3 atom stereocenters. The van der Waals surface area contributed by atoms with Gasteiger partial charge >= 0.3 is 0 Å². The van der Waals surface area contributed by atoms with Gasteiger partial charge in [0.2, 0.25) is 0 Å². The first-order valence-corrected chi connectivity index (χ1v) is 15.0. The van der Waals surface area contributed by atoms with Crippen molar-refractivity contribution in [3.8, 4) is 11.8 Å². The number of benzene rings is 4. The minimum atomic E-state index is -0.395. The number of rotatable bonds is 1. The Bertz CT molecular complexity index is 2010. The van der Waals surface area contributed by atoms with E-state index in [4.69, 9.17) is 4.42 Å². The normalized spacial score (nSPS) is 23.5. The summed E-state index contributed by atoms with van der Waals surface area (Å²) in [4.78, 5) is 2.49. The predicted octanol–water partition coefficient (Wildman–Crippen LogP) is 9.41. The molecule has 0 N–H and O–H groups in total. The van der Waals surface area contributed by atoms with Crippen LogP contribution in [0.25, 0.3) is 27.5 Å². The van der Waals surface area contributed by atoms with Gasteiger partial charge in [-0.25, -0.2) is 0 Å². The lowest BCUT2D eigenvalue weighted by molar-refractivity contribution is 0.242. The van der Waals surface area contributed by atoms with Crippen LogP contribution in [-0.4, -0.2) is 11.4 Å². The molecule has 8 rings (SSSR count). The van der Waals surface area contributed by atoms with Gasteiger partial charge in [0.25, 0.3) is 0 Å². The standard InChI is InChI=1S/C40H33NO/c1-27-12-5-4-10-22-40(25-31-16-8-9-17-32(27)31)26-41-23-21-30(29-14-6-3-7-15-29)24-36(41)37-35(40)20-19-34-33-18-11-13-28(2)38(33)42-39(34)37/h3-9,11,13-21,23-24,27,36H,12,25-26H2,1-2H3/b5-4-/t27?,36?,40-/m1/s1. The summed E-state index contributed by atoms with van der Waals surface area (Å²) in [6.45, 7) is 5.28. The van der Waals surface area contributed by atoms with Crippen LogP contribution in [0.3, 0.4) is 0 Å². The molecule has 0 amide bonds. The molecule has 0 saturated heterocycles. The molecule has 1 aliphatic carbocycles. The van der Waals surface area contributed by atoms with Crippen molar-refractivity contribution in [1.82, 2.24) is 4.90 Å². The van der Waals surface area contributed by atoms with Gasteiger partial charge in [-0.1, -0.05) is 110 Å². The van der Waals surface area contributed by atoms with Crippen LogP contribution in [0.2, 0.25) is 0 Å². The van der Waals surface area contributed by atoms with Crippen LogP contribution in [0, 0.1) is 18.8 Å². The van der Waals surface area contributed by atoms with Crippen LogP contribution >= 0.6 is 0 Å². The lowest BCUT2D eigenvalue weighted by Gasteiger charge is -2.46. The lowest BCUT2D eigenvalue weighted by Crippen LogP contribution is -2.47. The smallest absolute Gasteiger partial charge is 0.141 e. The molecular formula is C40H33NO. The molecule has 42 heavy (non-hydrogen) atoms. The van der Waals surface area contributed by atoms with Crippen LogP contribution in [0.1, 0.15) is 58.7 Å². The average molecular weight is 544 g/mol. The first-order chi connectivity index (χ1) is 20.6. The molecule has 2 heteroatoms. The van der Waals surface area contributed by atoms with E-state index in [9.17, 15) is 0 Å². The van der Waals surface area contributed by atoms with Crippen molar-refractivity contribution in [2.75, 3.05) is 6.54 Å². The predicted molar refractivity (Wildman–Crippen MR) is 173 cm³/mol.